The Morgan fingerprint density at radius 2 is 1.87 bits per heavy atom. The summed E-state index contributed by atoms with van der Waals surface area (Å²) in [4.78, 5) is 40.3. The molecule has 0 unspecified atom stereocenters. The van der Waals surface area contributed by atoms with Gasteiger partial charge in [-0.3, -0.25) is 14.4 Å². The van der Waals surface area contributed by atoms with Gasteiger partial charge in [0.2, 0.25) is 5.91 Å². The predicted molar refractivity (Wildman–Crippen MR) is 144 cm³/mol. The summed E-state index contributed by atoms with van der Waals surface area (Å²) in [5.41, 5.74) is 0.919. The summed E-state index contributed by atoms with van der Waals surface area (Å²) >= 11 is 0. The normalized spacial score (nSPS) is 23.5. The minimum absolute atomic E-state index is 0.0124. The molecular formula is C30H36FN3O5. The van der Waals surface area contributed by atoms with E-state index in [0.717, 1.165) is 12.6 Å². The molecule has 2 N–H and O–H groups in total. The van der Waals surface area contributed by atoms with Gasteiger partial charge in [-0.05, 0) is 68.0 Å². The molecule has 0 bridgehead atoms. The molecule has 0 aromatic heterocycles. The fourth-order valence-electron chi connectivity index (χ4n) is 5.87. The lowest BCUT2D eigenvalue weighted by Crippen LogP contribution is -2.54. The number of carbonyl (C=O) groups excluding carboxylic acids is 3. The number of anilines is 1. The SMILES string of the molecule is CN1C(=O)c2cc(NC(=O)c3cccc(F)c3)ccc2OC[C@H]2O[C@@H](CC(=O)NCC3CCCCC3)CC[C@H]21. The Morgan fingerprint density at radius 3 is 2.67 bits per heavy atom. The van der Waals surface area contributed by atoms with Crippen LogP contribution in [0.2, 0.25) is 0 Å². The summed E-state index contributed by atoms with van der Waals surface area (Å²) in [5.74, 6) is -0.236. The molecule has 2 aromatic rings. The van der Waals surface area contributed by atoms with Gasteiger partial charge in [0.05, 0.1) is 24.1 Å². The second-order valence-corrected chi connectivity index (χ2v) is 10.9. The summed E-state index contributed by atoms with van der Waals surface area (Å²) < 4.78 is 25.8. The van der Waals surface area contributed by atoms with E-state index in [1.165, 1.54) is 50.3 Å². The number of hydrogen-bond donors (Lipinski definition) is 2. The van der Waals surface area contributed by atoms with Gasteiger partial charge in [0.15, 0.2) is 0 Å². The Morgan fingerprint density at radius 1 is 1.05 bits per heavy atom. The van der Waals surface area contributed by atoms with Crippen molar-refractivity contribution in [2.75, 3.05) is 25.5 Å². The van der Waals surface area contributed by atoms with Gasteiger partial charge in [0.1, 0.15) is 24.3 Å². The van der Waals surface area contributed by atoms with E-state index in [-0.39, 0.29) is 42.2 Å². The maximum absolute atomic E-state index is 13.5. The zero-order valence-corrected chi connectivity index (χ0v) is 22.3. The summed E-state index contributed by atoms with van der Waals surface area (Å²) in [7, 11) is 1.74. The molecule has 5 rings (SSSR count). The maximum atomic E-state index is 13.5. The van der Waals surface area contributed by atoms with Gasteiger partial charge in [0, 0.05) is 24.8 Å². The van der Waals surface area contributed by atoms with Crippen molar-refractivity contribution in [2.24, 2.45) is 5.92 Å². The summed E-state index contributed by atoms with van der Waals surface area (Å²) in [5, 5.41) is 5.82. The van der Waals surface area contributed by atoms with Gasteiger partial charge >= 0.3 is 0 Å². The van der Waals surface area contributed by atoms with Gasteiger partial charge in [-0.1, -0.05) is 25.3 Å². The van der Waals surface area contributed by atoms with Crippen LogP contribution < -0.4 is 15.4 Å². The van der Waals surface area contributed by atoms with Crippen LogP contribution in [0.1, 0.15) is 72.1 Å². The van der Waals surface area contributed by atoms with Crippen molar-refractivity contribution < 1.29 is 28.2 Å². The van der Waals surface area contributed by atoms with Crippen LogP contribution in [-0.4, -0.2) is 61.1 Å². The molecule has 2 aliphatic heterocycles. The minimum atomic E-state index is -0.502. The van der Waals surface area contributed by atoms with Gasteiger partial charge in [-0.25, -0.2) is 4.39 Å². The van der Waals surface area contributed by atoms with E-state index in [1.54, 1.807) is 30.1 Å². The fourth-order valence-corrected chi connectivity index (χ4v) is 5.87. The van der Waals surface area contributed by atoms with Crippen molar-refractivity contribution in [3.05, 3.63) is 59.4 Å². The predicted octanol–water partition coefficient (Wildman–Crippen LogP) is 4.55. The van der Waals surface area contributed by atoms with Crippen molar-refractivity contribution in [1.82, 2.24) is 10.2 Å². The Labute approximate surface area is 228 Å². The first kappa shape index (κ1) is 27.1. The summed E-state index contributed by atoms with van der Waals surface area (Å²) in [6.07, 6.45) is 7.25. The summed E-state index contributed by atoms with van der Waals surface area (Å²) in [6.45, 7) is 0.976. The van der Waals surface area contributed by atoms with Crippen molar-refractivity contribution in [3.8, 4) is 5.75 Å². The second kappa shape index (κ2) is 12.2. The van der Waals surface area contributed by atoms with Crippen LogP contribution in [0.3, 0.4) is 0 Å². The Kier molecular flexibility index (Phi) is 8.45. The largest absolute Gasteiger partial charge is 0.490 e. The number of fused-ring (bicyclic) bond motifs is 2. The average molecular weight is 538 g/mol. The molecule has 1 aliphatic carbocycles. The van der Waals surface area contributed by atoms with E-state index in [0.29, 0.717) is 42.2 Å². The monoisotopic (exact) mass is 537 g/mol. The molecule has 9 heteroatoms. The first-order valence-corrected chi connectivity index (χ1v) is 13.9. The number of nitrogens with one attached hydrogen (secondary N) is 2. The first-order chi connectivity index (χ1) is 18.9. The van der Waals surface area contributed by atoms with Gasteiger partial charge < -0.3 is 25.0 Å². The maximum Gasteiger partial charge on any atom is 0.257 e. The smallest absolute Gasteiger partial charge is 0.257 e. The van der Waals surface area contributed by atoms with E-state index in [1.807, 2.05) is 0 Å². The Hall–Kier alpha value is -3.46. The van der Waals surface area contributed by atoms with E-state index in [2.05, 4.69) is 10.6 Å². The fraction of sp³-hybridized carbons (Fsp3) is 0.500. The molecule has 0 spiro atoms. The molecule has 1 saturated carbocycles. The Balaban J connectivity index is 1.21. The van der Waals surface area contributed by atoms with Crippen LogP contribution in [0.25, 0.3) is 0 Å². The minimum Gasteiger partial charge on any atom is -0.490 e. The van der Waals surface area contributed by atoms with Gasteiger partial charge in [-0.2, -0.15) is 0 Å². The Bertz CT molecular complexity index is 1210. The molecular weight excluding hydrogens is 501 g/mol. The van der Waals surface area contributed by atoms with Crippen molar-refractivity contribution in [2.45, 2.75) is 69.6 Å². The molecule has 8 nitrogen and oxygen atoms in total. The number of nitrogens with zero attached hydrogens (tertiary/aromatic N) is 1. The lowest BCUT2D eigenvalue weighted by molar-refractivity contribution is -0.134. The van der Waals surface area contributed by atoms with Gasteiger partial charge in [0.25, 0.3) is 11.8 Å². The highest BCUT2D eigenvalue weighted by Crippen LogP contribution is 2.33. The highest BCUT2D eigenvalue weighted by molar-refractivity contribution is 6.05. The number of ether oxygens (including phenoxy) is 2. The van der Waals surface area contributed by atoms with Crippen LogP contribution in [0.4, 0.5) is 10.1 Å². The second-order valence-electron chi connectivity index (χ2n) is 10.9. The molecule has 3 atom stereocenters. The zero-order valence-electron chi connectivity index (χ0n) is 22.3. The zero-order chi connectivity index (χ0) is 27.4. The summed E-state index contributed by atoms with van der Waals surface area (Å²) in [6, 6.07) is 10.1. The molecule has 1 saturated heterocycles. The number of benzene rings is 2. The molecule has 0 radical (unpaired) electrons. The van der Waals surface area contributed by atoms with E-state index < -0.39 is 11.7 Å². The topological polar surface area (TPSA) is 97.0 Å². The van der Waals surface area contributed by atoms with E-state index in [4.69, 9.17) is 9.47 Å². The van der Waals surface area contributed by atoms with Crippen molar-refractivity contribution in [1.29, 1.82) is 0 Å². The van der Waals surface area contributed by atoms with Crippen LogP contribution >= 0.6 is 0 Å². The number of rotatable bonds is 6. The number of hydrogen-bond acceptors (Lipinski definition) is 5. The number of likely N-dealkylation sites (N-methyl/N-ethyl adjacent to an activating group) is 1. The van der Waals surface area contributed by atoms with E-state index in [9.17, 15) is 18.8 Å². The molecule has 39 heavy (non-hydrogen) atoms. The third-order valence-electron chi connectivity index (χ3n) is 8.08. The van der Waals surface area contributed by atoms with Gasteiger partial charge in [-0.15, -0.1) is 0 Å². The highest BCUT2D eigenvalue weighted by Gasteiger charge is 2.39. The molecule has 3 amide bonds. The third kappa shape index (κ3) is 6.58. The standard InChI is InChI=1S/C30H36FN3O5/c1-34-25-12-11-23(16-28(35)32-17-19-6-3-2-4-7-19)39-27(25)18-38-26-13-10-22(15-24(26)30(34)37)33-29(36)20-8-5-9-21(31)14-20/h5,8-10,13-15,19,23,25,27H,2-4,6-7,11-12,16-18H2,1H3,(H,32,35)(H,33,36)/t23-,25-,27-/m1/s1. The number of halogens is 1. The van der Waals surface area contributed by atoms with Crippen LogP contribution in [0.5, 0.6) is 5.75 Å². The average Bonchev–Trinajstić information content (AvgIpc) is 2.94. The molecule has 2 aromatic carbocycles. The quantitative estimate of drug-likeness (QED) is 0.564. The lowest BCUT2D eigenvalue weighted by atomic mass is 9.89. The molecule has 208 valence electrons. The highest BCUT2D eigenvalue weighted by atomic mass is 19.1. The number of carbonyl (C=O) groups is 3. The first-order valence-electron chi connectivity index (χ1n) is 13.9. The van der Waals surface area contributed by atoms with Crippen LogP contribution in [0.15, 0.2) is 42.5 Å². The van der Waals surface area contributed by atoms with Crippen LogP contribution in [-0.2, 0) is 9.53 Å². The van der Waals surface area contributed by atoms with E-state index >= 15 is 0 Å². The van der Waals surface area contributed by atoms with Crippen LogP contribution in [0, 0.1) is 11.7 Å². The number of amides is 3. The third-order valence-corrected chi connectivity index (χ3v) is 8.08. The van der Waals surface area contributed by atoms with Crippen molar-refractivity contribution in [3.63, 3.8) is 0 Å². The molecule has 2 fully saturated rings. The molecule has 2 heterocycles. The molecule has 3 aliphatic rings. The lowest BCUT2D eigenvalue weighted by Gasteiger charge is -2.42. The van der Waals surface area contributed by atoms with Crippen molar-refractivity contribution >= 4 is 23.4 Å².